The Balaban J connectivity index is 2.23. The van der Waals surface area contributed by atoms with Crippen LogP contribution in [-0.2, 0) is 4.79 Å². The van der Waals surface area contributed by atoms with Gasteiger partial charge in [0.1, 0.15) is 5.54 Å². The summed E-state index contributed by atoms with van der Waals surface area (Å²) < 4.78 is 0. The van der Waals surface area contributed by atoms with Crippen molar-refractivity contribution in [2.75, 3.05) is 18.6 Å². The molecule has 0 bridgehead atoms. The van der Waals surface area contributed by atoms with Crippen molar-refractivity contribution in [3.05, 3.63) is 0 Å². The molecule has 1 spiro atoms. The number of urea groups is 1. The number of rotatable bonds is 0. The molecule has 0 saturated carbocycles. The van der Waals surface area contributed by atoms with Crippen molar-refractivity contribution in [1.82, 2.24) is 10.2 Å². The van der Waals surface area contributed by atoms with Gasteiger partial charge in [-0.3, -0.25) is 9.69 Å². The largest absolute Gasteiger partial charge is 0.324 e. The number of thioether (sulfide) groups is 1. The van der Waals surface area contributed by atoms with Gasteiger partial charge in [-0.05, 0) is 24.3 Å². The Kier molecular flexibility index (Phi) is 1.98. The minimum atomic E-state index is -0.558. The van der Waals surface area contributed by atoms with Crippen molar-refractivity contribution >= 4 is 23.7 Å². The summed E-state index contributed by atoms with van der Waals surface area (Å²) >= 11 is 1.84. The lowest BCUT2D eigenvalue weighted by atomic mass is 9.92. The molecular weight excluding hydrogens is 188 g/mol. The zero-order chi connectivity index (χ0) is 9.47. The van der Waals surface area contributed by atoms with E-state index in [0.717, 1.165) is 24.3 Å². The van der Waals surface area contributed by atoms with Crippen LogP contribution in [0.5, 0.6) is 0 Å². The van der Waals surface area contributed by atoms with Gasteiger partial charge >= 0.3 is 6.03 Å². The SMILES string of the molecule is CN1C(=O)NC2(CCSCC2)C1=O. The fourth-order valence-electron chi connectivity index (χ4n) is 1.81. The normalized spacial score (nSPS) is 26.7. The van der Waals surface area contributed by atoms with Gasteiger partial charge in [0.15, 0.2) is 0 Å². The molecule has 1 N–H and O–H groups in total. The summed E-state index contributed by atoms with van der Waals surface area (Å²) in [5, 5.41) is 2.79. The van der Waals surface area contributed by atoms with E-state index in [1.807, 2.05) is 11.8 Å². The van der Waals surface area contributed by atoms with Gasteiger partial charge in [-0.15, -0.1) is 0 Å². The molecule has 2 aliphatic heterocycles. The van der Waals surface area contributed by atoms with Crippen molar-refractivity contribution in [3.8, 4) is 0 Å². The van der Waals surface area contributed by atoms with Crippen LogP contribution < -0.4 is 5.32 Å². The number of hydrogen-bond acceptors (Lipinski definition) is 3. The number of carbonyl (C=O) groups is 2. The molecule has 2 fully saturated rings. The molecule has 0 aromatic carbocycles. The Morgan fingerprint density at radius 1 is 1.38 bits per heavy atom. The molecule has 13 heavy (non-hydrogen) atoms. The predicted octanol–water partition coefficient (Wildman–Crippen LogP) is 0.434. The standard InChI is InChI=1S/C8H12N2O2S/c1-10-6(11)8(9-7(10)12)2-4-13-5-3-8/h2-5H2,1H3,(H,9,12). The zero-order valence-corrected chi connectivity index (χ0v) is 8.32. The second-order valence-corrected chi connectivity index (χ2v) is 4.71. The summed E-state index contributed by atoms with van der Waals surface area (Å²) in [6, 6.07) is -0.253. The minimum Gasteiger partial charge on any atom is -0.323 e. The van der Waals surface area contributed by atoms with Gasteiger partial charge in [-0.1, -0.05) is 0 Å². The molecule has 2 saturated heterocycles. The number of amides is 3. The van der Waals surface area contributed by atoms with Crippen LogP contribution in [0.1, 0.15) is 12.8 Å². The maximum atomic E-state index is 11.7. The van der Waals surface area contributed by atoms with E-state index >= 15 is 0 Å². The maximum Gasteiger partial charge on any atom is 0.324 e. The number of nitrogens with zero attached hydrogens (tertiary/aromatic N) is 1. The first-order chi connectivity index (χ1) is 6.16. The third-order valence-corrected chi connectivity index (χ3v) is 3.70. The van der Waals surface area contributed by atoms with Crippen molar-refractivity contribution in [2.24, 2.45) is 0 Å². The van der Waals surface area contributed by atoms with E-state index in [9.17, 15) is 9.59 Å². The highest BCUT2D eigenvalue weighted by molar-refractivity contribution is 7.99. The third kappa shape index (κ3) is 1.22. The van der Waals surface area contributed by atoms with Gasteiger partial charge in [-0.25, -0.2) is 4.79 Å². The molecular formula is C8H12N2O2S. The van der Waals surface area contributed by atoms with E-state index in [-0.39, 0.29) is 11.9 Å². The van der Waals surface area contributed by atoms with Gasteiger partial charge < -0.3 is 5.32 Å². The van der Waals surface area contributed by atoms with Crippen LogP contribution in [0, 0.1) is 0 Å². The van der Waals surface area contributed by atoms with Gasteiger partial charge in [-0.2, -0.15) is 11.8 Å². The first-order valence-corrected chi connectivity index (χ1v) is 5.49. The fourth-order valence-corrected chi connectivity index (χ4v) is 3.00. The van der Waals surface area contributed by atoms with Crippen molar-refractivity contribution in [2.45, 2.75) is 18.4 Å². The summed E-state index contributed by atoms with van der Waals surface area (Å²) in [5.41, 5.74) is -0.558. The van der Waals surface area contributed by atoms with Crippen LogP contribution in [0.15, 0.2) is 0 Å². The number of nitrogens with one attached hydrogen (secondary N) is 1. The fraction of sp³-hybridized carbons (Fsp3) is 0.750. The number of likely N-dealkylation sites (N-methyl/N-ethyl adjacent to an activating group) is 1. The summed E-state index contributed by atoms with van der Waals surface area (Å²) in [6.45, 7) is 0. The zero-order valence-electron chi connectivity index (χ0n) is 7.50. The average molecular weight is 200 g/mol. The molecule has 0 unspecified atom stereocenters. The lowest BCUT2D eigenvalue weighted by Gasteiger charge is -2.29. The monoisotopic (exact) mass is 200 g/mol. The smallest absolute Gasteiger partial charge is 0.323 e. The lowest BCUT2D eigenvalue weighted by Crippen LogP contribution is -2.49. The lowest BCUT2D eigenvalue weighted by molar-refractivity contribution is -0.130. The Labute approximate surface area is 81.0 Å². The van der Waals surface area contributed by atoms with E-state index in [1.54, 1.807) is 0 Å². The number of hydrogen-bond donors (Lipinski definition) is 1. The van der Waals surface area contributed by atoms with Gasteiger partial charge in [0.05, 0.1) is 0 Å². The van der Waals surface area contributed by atoms with Crippen LogP contribution >= 0.6 is 11.8 Å². The van der Waals surface area contributed by atoms with Crippen LogP contribution in [0.2, 0.25) is 0 Å². The summed E-state index contributed by atoms with van der Waals surface area (Å²) in [7, 11) is 1.54. The van der Waals surface area contributed by atoms with E-state index in [2.05, 4.69) is 5.32 Å². The van der Waals surface area contributed by atoms with Crippen LogP contribution in [0.4, 0.5) is 4.79 Å². The maximum absolute atomic E-state index is 11.7. The first kappa shape index (κ1) is 8.87. The molecule has 3 amide bonds. The van der Waals surface area contributed by atoms with Gasteiger partial charge in [0.25, 0.3) is 5.91 Å². The molecule has 0 aromatic heterocycles. The molecule has 2 heterocycles. The molecule has 2 rings (SSSR count). The number of carbonyl (C=O) groups excluding carboxylic acids is 2. The quantitative estimate of drug-likeness (QED) is 0.577. The first-order valence-electron chi connectivity index (χ1n) is 4.34. The summed E-state index contributed by atoms with van der Waals surface area (Å²) in [5.74, 6) is 1.86. The Morgan fingerprint density at radius 3 is 2.46 bits per heavy atom. The highest BCUT2D eigenvalue weighted by Crippen LogP contribution is 2.31. The van der Waals surface area contributed by atoms with Crippen LogP contribution in [-0.4, -0.2) is 40.9 Å². The van der Waals surface area contributed by atoms with Crippen LogP contribution in [0.3, 0.4) is 0 Å². The minimum absolute atomic E-state index is 0.0576. The third-order valence-electron chi connectivity index (χ3n) is 2.71. The van der Waals surface area contributed by atoms with Gasteiger partial charge in [0.2, 0.25) is 0 Å². The van der Waals surface area contributed by atoms with Gasteiger partial charge in [0, 0.05) is 7.05 Å². The topological polar surface area (TPSA) is 49.4 Å². The average Bonchev–Trinajstić information content (AvgIpc) is 2.33. The van der Waals surface area contributed by atoms with E-state index in [1.165, 1.54) is 11.9 Å². The molecule has 0 aromatic rings. The molecule has 72 valence electrons. The number of imide groups is 1. The predicted molar refractivity (Wildman–Crippen MR) is 50.6 cm³/mol. The molecule has 0 aliphatic carbocycles. The summed E-state index contributed by atoms with van der Waals surface area (Å²) in [6.07, 6.45) is 1.54. The van der Waals surface area contributed by atoms with Crippen molar-refractivity contribution in [1.29, 1.82) is 0 Å². The van der Waals surface area contributed by atoms with Crippen molar-refractivity contribution < 1.29 is 9.59 Å². The molecule has 4 nitrogen and oxygen atoms in total. The van der Waals surface area contributed by atoms with E-state index in [4.69, 9.17) is 0 Å². The highest BCUT2D eigenvalue weighted by atomic mass is 32.2. The Morgan fingerprint density at radius 2 is 2.00 bits per heavy atom. The van der Waals surface area contributed by atoms with Crippen LogP contribution in [0.25, 0.3) is 0 Å². The van der Waals surface area contributed by atoms with E-state index in [0.29, 0.717) is 0 Å². The molecule has 2 aliphatic rings. The highest BCUT2D eigenvalue weighted by Gasteiger charge is 2.49. The second-order valence-electron chi connectivity index (χ2n) is 3.49. The Bertz CT molecular complexity index is 261. The molecule has 0 radical (unpaired) electrons. The molecule has 5 heteroatoms. The van der Waals surface area contributed by atoms with Crippen molar-refractivity contribution in [3.63, 3.8) is 0 Å². The second kappa shape index (κ2) is 2.90. The summed E-state index contributed by atoms with van der Waals surface area (Å²) in [4.78, 5) is 24.2. The molecule has 0 atom stereocenters. The Hall–Kier alpha value is -0.710. The van der Waals surface area contributed by atoms with E-state index < -0.39 is 5.54 Å².